The molecule has 0 aliphatic carbocycles. The van der Waals surface area contributed by atoms with Crippen molar-refractivity contribution in [2.45, 2.75) is 0 Å². The fraction of sp³-hybridized carbons (Fsp3) is 0. The summed E-state index contributed by atoms with van der Waals surface area (Å²) in [5.41, 5.74) is 15.0. The van der Waals surface area contributed by atoms with Crippen LogP contribution in [0.5, 0.6) is 0 Å². The van der Waals surface area contributed by atoms with E-state index in [1.807, 2.05) is 24.3 Å². The number of nitrogens with zero attached hydrogens (tertiary/aromatic N) is 5. The van der Waals surface area contributed by atoms with Crippen molar-refractivity contribution in [1.82, 2.24) is 25.6 Å². The summed E-state index contributed by atoms with van der Waals surface area (Å²) in [6.07, 6.45) is 1.27. The van der Waals surface area contributed by atoms with Gasteiger partial charge >= 0.3 is 0 Å². The van der Waals surface area contributed by atoms with E-state index in [9.17, 15) is 0 Å². The number of aromatic nitrogens is 4. The number of fused-ring (bicyclic) bond motifs is 3. The number of guanidine groups is 1. The molecule has 0 bridgehead atoms. The van der Waals surface area contributed by atoms with Crippen LogP contribution in [0.2, 0.25) is 0 Å². The fourth-order valence-electron chi connectivity index (χ4n) is 1.76. The van der Waals surface area contributed by atoms with Crippen molar-refractivity contribution >= 4 is 40.3 Å². The zero-order valence-corrected chi connectivity index (χ0v) is 10.3. The van der Waals surface area contributed by atoms with Crippen molar-refractivity contribution in [3.05, 3.63) is 24.3 Å². The fourth-order valence-corrected chi connectivity index (χ4v) is 1.76. The Labute approximate surface area is 112 Å². The van der Waals surface area contributed by atoms with E-state index in [1.165, 1.54) is 6.34 Å². The summed E-state index contributed by atoms with van der Waals surface area (Å²) in [4.78, 5) is 11.3. The van der Waals surface area contributed by atoms with Gasteiger partial charge in [-0.25, -0.2) is 0 Å². The normalized spacial score (nSPS) is 11.2. The highest BCUT2D eigenvalue weighted by Gasteiger charge is 2.07. The minimum atomic E-state index is -0.0958. The van der Waals surface area contributed by atoms with E-state index in [2.05, 4.69) is 35.7 Å². The van der Waals surface area contributed by atoms with Gasteiger partial charge in [-0.3, -0.25) is 5.43 Å². The molecule has 1 aromatic carbocycles. The molecule has 0 spiro atoms. The second kappa shape index (κ2) is 4.80. The smallest absolute Gasteiger partial charge is 0.272 e. The molecule has 0 amide bonds. The average molecular weight is 269 g/mol. The Morgan fingerprint density at radius 1 is 1.25 bits per heavy atom. The molecule has 2 aromatic heterocycles. The van der Waals surface area contributed by atoms with Crippen LogP contribution in [-0.4, -0.2) is 32.5 Å². The number of H-pyrrole nitrogens is 1. The molecule has 0 saturated heterocycles. The van der Waals surface area contributed by atoms with Crippen molar-refractivity contribution in [3.63, 3.8) is 0 Å². The highest BCUT2D eigenvalue weighted by molar-refractivity contribution is 6.03. The van der Waals surface area contributed by atoms with E-state index in [0.717, 1.165) is 10.9 Å². The van der Waals surface area contributed by atoms with E-state index in [1.54, 1.807) is 0 Å². The van der Waals surface area contributed by atoms with Gasteiger partial charge in [-0.05, 0) is 6.07 Å². The molecule has 6 N–H and O–H groups in total. The first-order valence-electron chi connectivity index (χ1n) is 5.72. The van der Waals surface area contributed by atoms with Gasteiger partial charge in [-0.1, -0.05) is 18.2 Å². The van der Waals surface area contributed by atoms with Crippen LogP contribution in [0, 0.1) is 0 Å². The molecule has 20 heavy (non-hydrogen) atoms. The lowest BCUT2D eigenvalue weighted by molar-refractivity contribution is 0.992. The lowest BCUT2D eigenvalue weighted by Crippen LogP contribution is -2.25. The van der Waals surface area contributed by atoms with Gasteiger partial charge in [0.05, 0.1) is 0 Å². The zero-order chi connectivity index (χ0) is 13.9. The van der Waals surface area contributed by atoms with Crippen molar-refractivity contribution in [1.29, 1.82) is 0 Å². The Kier molecular flexibility index (Phi) is 2.84. The quantitative estimate of drug-likeness (QED) is 0.298. The third-order valence-electron chi connectivity index (χ3n) is 2.54. The maximum Gasteiger partial charge on any atom is 0.272 e. The molecule has 0 aliphatic heterocycles. The molecule has 0 saturated carbocycles. The van der Waals surface area contributed by atoms with Gasteiger partial charge in [-0.15, -0.1) is 15.3 Å². The van der Waals surface area contributed by atoms with Crippen molar-refractivity contribution in [3.8, 4) is 0 Å². The number of aliphatic imine (C=N–C) groups is 1. The number of rotatable bonds is 3. The second-order valence-electron chi connectivity index (χ2n) is 3.90. The van der Waals surface area contributed by atoms with Crippen molar-refractivity contribution < 1.29 is 0 Å². The molecule has 0 atom stereocenters. The minimum absolute atomic E-state index is 0.0958. The van der Waals surface area contributed by atoms with Gasteiger partial charge in [0.2, 0.25) is 5.96 Å². The summed E-state index contributed by atoms with van der Waals surface area (Å²) in [5.74, 6) is 0.101. The summed E-state index contributed by atoms with van der Waals surface area (Å²) in [5, 5.41) is 12.5. The predicted molar refractivity (Wildman–Crippen MR) is 76.3 cm³/mol. The second-order valence-corrected chi connectivity index (χ2v) is 3.90. The maximum absolute atomic E-state index is 5.14. The van der Waals surface area contributed by atoms with Crippen molar-refractivity contribution in [2.24, 2.45) is 21.6 Å². The molecule has 3 rings (SSSR count). The van der Waals surface area contributed by atoms with Crippen LogP contribution in [0.4, 0.5) is 5.95 Å². The lowest BCUT2D eigenvalue weighted by Gasteiger charge is -1.92. The summed E-state index contributed by atoms with van der Waals surface area (Å²) in [6, 6.07) is 7.77. The van der Waals surface area contributed by atoms with Gasteiger partial charge in [-0.2, -0.15) is 9.98 Å². The third-order valence-corrected chi connectivity index (χ3v) is 2.54. The highest BCUT2D eigenvalue weighted by Crippen LogP contribution is 2.22. The number of nitrogens with one attached hydrogen (secondary N) is 2. The van der Waals surface area contributed by atoms with Crippen LogP contribution in [0.25, 0.3) is 22.1 Å². The SMILES string of the molecule is NC(N)=NNC=Nc1nnc2c(n1)[nH]c1ccccc12. The van der Waals surface area contributed by atoms with Crippen LogP contribution in [0.1, 0.15) is 0 Å². The van der Waals surface area contributed by atoms with Crippen molar-refractivity contribution in [2.75, 3.05) is 0 Å². The maximum atomic E-state index is 5.14. The molecule has 100 valence electrons. The number of hydrogen-bond donors (Lipinski definition) is 4. The first kappa shape index (κ1) is 11.8. The number of hydrogen-bond acceptors (Lipinski definition) is 5. The van der Waals surface area contributed by atoms with Crippen LogP contribution < -0.4 is 16.9 Å². The van der Waals surface area contributed by atoms with Gasteiger partial charge < -0.3 is 16.5 Å². The Bertz CT molecular complexity index is 813. The van der Waals surface area contributed by atoms with Gasteiger partial charge in [0.15, 0.2) is 5.65 Å². The number of nitrogens with two attached hydrogens (primary N) is 2. The van der Waals surface area contributed by atoms with Crippen LogP contribution in [0.15, 0.2) is 34.4 Å². The minimum Gasteiger partial charge on any atom is -0.369 e. The third kappa shape index (κ3) is 2.19. The molecule has 9 nitrogen and oxygen atoms in total. The zero-order valence-electron chi connectivity index (χ0n) is 10.3. The number of benzene rings is 1. The van der Waals surface area contributed by atoms with E-state index in [0.29, 0.717) is 11.2 Å². The van der Waals surface area contributed by atoms with Gasteiger partial charge in [0, 0.05) is 10.9 Å². The van der Waals surface area contributed by atoms with E-state index < -0.39 is 0 Å². The molecule has 3 aromatic rings. The molecular weight excluding hydrogens is 258 g/mol. The molecule has 2 heterocycles. The average Bonchev–Trinajstić information content (AvgIpc) is 2.81. The van der Waals surface area contributed by atoms with Gasteiger partial charge in [0.25, 0.3) is 5.95 Å². The summed E-state index contributed by atoms with van der Waals surface area (Å²) < 4.78 is 0. The van der Waals surface area contributed by atoms with E-state index in [4.69, 9.17) is 11.5 Å². The lowest BCUT2D eigenvalue weighted by atomic mass is 10.2. The van der Waals surface area contributed by atoms with E-state index in [-0.39, 0.29) is 11.9 Å². The standard InChI is InChI=1S/C11H11N9/c12-10(13)19-15-5-14-11-17-9-8(18-20-11)6-3-1-2-4-7(6)16-9/h1-5H,(H4,12,13,19)(H2,14,15,16,17,20). The predicted octanol–water partition coefficient (Wildman–Crippen LogP) is -0.0561. The van der Waals surface area contributed by atoms with Gasteiger partial charge in [0.1, 0.15) is 11.9 Å². The highest BCUT2D eigenvalue weighted by atomic mass is 15.3. The first-order valence-corrected chi connectivity index (χ1v) is 5.72. The summed E-state index contributed by atoms with van der Waals surface area (Å²) in [6.45, 7) is 0. The number of para-hydroxylation sites is 1. The Hall–Kier alpha value is -3.23. The molecule has 0 unspecified atom stereocenters. The topological polar surface area (TPSA) is 143 Å². The summed E-state index contributed by atoms with van der Waals surface area (Å²) >= 11 is 0. The number of aromatic amines is 1. The Balaban J connectivity index is 1.95. The first-order chi connectivity index (χ1) is 9.74. The molecule has 9 heteroatoms. The summed E-state index contributed by atoms with van der Waals surface area (Å²) in [7, 11) is 0. The van der Waals surface area contributed by atoms with Crippen LogP contribution in [-0.2, 0) is 0 Å². The van der Waals surface area contributed by atoms with E-state index >= 15 is 0 Å². The Morgan fingerprint density at radius 2 is 2.10 bits per heavy atom. The largest absolute Gasteiger partial charge is 0.369 e. The molecule has 0 fully saturated rings. The van der Waals surface area contributed by atoms with Crippen LogP contribution >= 0.6 is 0 Å². The molecular formula is C11H11N9. The monoisotopic (exact) mass is 269 g/mol. The number of hydrazone groups is 1. The Morgan fingerprint density at radius 3 is 2.95 bits per heavy atom. The van der Waals surface area contributed by atoms with Crippen LogP contribution in [0.3, 0.4) is 0 Å². The molecule has 0 aliphatic rings. The molecule has 0 radical (unpaired) electrons.